The summed E-state index contributed by atoms with van der Waals surface area (Å²) < 4.78 is 0. The zero-order valence-electron chi connectivity index (χ0n) is 11.4. The molecule has 3 atom stereocenters. The molecule has 96 valence electrons. The van der Waals surface area contributed by atoms with Gasteiger partial charge in [-0.2, -0.15) is 0 Å². The van der Waals surface area contributed by atoms with Gasteiger partial charge in [-0.1, -0.05) is 37.3 Å². The van der Waals surface area contributed by atoms with E-state index < -0.39 is 0 Å². The maximum Gasteiger partial charge on any atom is 0.0606 e. The van der Waals surface area contributed by atoms with Crippen molar-refractivity contribution in [3.05, 3.63) is 35.9 Å². The standard InChI is InChI=1S/C15H25NO/c1-5-15(17)14(11-12(2)16(3)4)13-9-7-6-8-10-13/h6-10,12,14-15,17H,5,11H2,1-4H3/t12-,14+,15+/m1/s1. The quantitative estimate of drug-likeness (QED) is 0.819. The highest BCUT2D eigenvalue weighted by Gasteiger charge is 2.22. The summed E-state index contributed by atoms with van der Waals surface area (Å²) in [6, 6.07) is 10.8. The van der Waals surface area contributed by atoms with Gasteiger partial charge in [0.15, 0.2) is 0 Å². The molecule has 0 amide bonds. The molecule has 0 heterocycles. The van der Waals surface area contributed by atoms with Crippen molar-refractivity contribution in [3.8, 4) is 0 Å². The Bertz CT molecular complexity index is 310. The van der Waals surface area contributed by atoms with Crippen molar-refractivity contribution in [2.24, 2.45) is 0 Å². The summed E-state index contributed by atoms with van der Waals surface area (Å²) in [5.74, 6) is 0.235. The molecule has 1 aromatic rings. The van der Waals surface area contributed by atoms with Gasteiger partial charge in [0.1, 0.15) is 0 Å². The molecular formula is C15H25NO. The molecule has 1 aromatic carbocycles. The van der Waals surface area contributed by atoms with Crippen LogP contribution in [0.4, 0.5) is 0 Å². The Morgan fingerprint density at radius 1 is 1.18 bits per heavy atom. The molecule has 0 aliphatic rings. The van der Waals surface area contributed by atoms with Gasteiger partial charge in [-0.25, -0.2) is 0 Å². The first-order valence-electron chi connectivity index (χ1n) is 6.45. The van der Waals surface area contributed by atoms with E-state index in [-0.39, 0.29) is 12.0 Å². The summed E-state index contributed by atoms with van der Waals surface area (Å²) in [4.78, 5) is 2.21. The molecule has 1 rings (SSSR count). The molecule has 2 heteroatoms. The highest BCUT2D eigenvalue weighted by atomic mass is 16.3. The number of rotatable bonds is 6. The van der Waals surface area contributed by atoms with Crippen LogP contribution in [0, 0.1) is 0 Å². The van der Waals surface area contributed by atoms with Crippen LogP contribution >= 0.6 is 0 Å². The molecule has 0 aliphatic heterocycles. The summed E-state index contributed by atoms with van der Waals surface area (Å²) in [5, 5.41) is 10.2. The van der Waals surface area contributed by atoms with Crippen LogP contribution in [0.15, 0.2) is 30.3 Å². The van der Waals surface area contributed by atoms with Crippen LogP contribution in [0.2, 0.25) is 0 Å². The number of aliphatic hydroxyl groups is 1. The highest BCUT2D eigenvalue weighted by molar-refractivity contribution is 5.21. The van der Waals surface area contributed by atoms with E-state index in [0.29, 0.717) is 6.04 Å². The predicted octanol–water partition coefficient (Wildman–Crippen LogP) is 2.88. The highest BCUT2D eigenvalue weighted by Crippen LogP contribution is 2.27. The summed E-state index contributed by atoms with van der Waals surface area (Å²) in [7, 11) is 4.18. The van der Waals surface area contributed by atoms with Crippen LogP contribution in [0.5, 0.6) is 0 Å². The van der Waals surface area contributed by atoms with Gasteiger partial charge >= 0.3 is 0 Å². The molecule has 0 bridgehead atoms. The van der Waals surface area contributed by atoms with Gasteiger partial charge in [-0.05, 0) is 39.4 Å². The van der Waals surface area contributed by atoms with Gasteiger partial charge in [0.25, 0.3) is 0 Å². The molecule has 0 aliphatic carbocycles. The third-order valence-electron chi connectivity index (χ3n) is 3.59. The monoisotopic (exact) mass is 235 g/mol. The van der Waals surface area contributed by atoms with Crippen molar-refractivity contribution in [2.45, 2.75) is 44.8 Å². The van der Waals surface area contributed by atoms with E-state index in [2.05, 4.69) is 38.1 Å². The molecule has 0 saturated heterocycles. The number of hydrogen-bond donors (Lipinski definition) is 1. The fourth-order valence-corrected chi connectivity index (χ4v) is 2.08. The molecule has 17 heavy (non-hydrogen) atoms. The molecule has 2 nitrogen and oxygen atoms in total. The second kappa shape index (κ2) is 6.77. The van der Waals surface area contributed by atoms with Gasteiger partial charge in [-0.15, -0.1) is 0 Å². The molecule has 0 aromatic heterocycles. The van der Waals surface area contributed by atoms with Crippen molar-refractivity contribution in [1.82, 2.24) is 4.90 Å². The zero-order chi connectivity index (χ0) is 12.8. The first-order valence-corrected chi connectivity index (χ1v) is 6.45. The molecular weight excluding hydrogens is 210 g/mol. The van der Waals surface area contributed by atoms with Gasteiger partial charge in [-0.3, -0.25) is 0 Å². The van der Waals surface area contributed by atoms with Crippen LogP contribution in [0.1, 0.15) is 38.2 Å². The van der Waals surface area contributed by atoms with Crippen LogP contribution in [0.25, 0.3) is 0 Å². The fourth-order valence-electron chi connectivity index (χ4n) is 2.08. The lowest BCUT2D eigenvalue weighted by atomic mass is 9.86. The van der Waals surface area contributed by atoms with E-state index in [0.717, 1.165) is 12.8 Å². The predicted molar refractivity (Wildman–Crippen MR) is 73.2 cm³/mol. The third kappa shape index (κ3) is 4.14. The second-order valence-corrected chi connectivity index (χ2v) is 5.04. The van der Waals surface area contributed by atoms with E-state index in [9.17, 15) is 5.11 Å². The SMILES string of the molecule is CC[C@H](O)[C@@H](C[C@@H](C)N(C)C)c1ccccc1. The lowest BCUT2D eigenvalue weighted by Gasteiger charge is -2.28. The van der Waals surface area contributed by atoms with Crippen LogP contribution in [-0.4, -0.2) is 36.2 Å². The van der Waals surface area contributed by atoms with Crippen LogP contribution < -0.4 is 0 Å². The number of aliphatic hydroxyl groups excluding tert-OH is 1. The van der Waals surface area contributed by atoms with Gasteiger partial charge < -0.3 is 10.0 Å². The number of nitrogens with zero attached hydrogens (tertiary/aromatic N) is 1. The maximum absolute atomic E-state index is 10.2. The smallest absolute Gasteiger partial charge is 0.0606 e. The molecule has 0 fully saturated rings. The maximum atomic E-state index is 10.2. The average molecular weight is 235 g/mol. The first-order chi connectivity index (χ1) is 8.06. The summed E-state index contributed by atoms with van der Waals surface area (Å²) in [5.41, 5.74) is 1.25. The minimum atomic E-state index is -0.250. The number of benzene rings is 1. The first kappa shape index (κ1) is 14.2. The van der Waals surface area contributed by atoms with Crippen LogP contribution in [-0.2, 0) is 0 Å². The Labute approximate surface area is 105 Å². The average Bonchev–Trinajstić information content (AvgIpc) is 2.35. The normalized spacial score (nSPS) is 16.8. The minimum Gasteiger partial charge on any atom is -0.393 e. The Balaban J connectivity index is 2.82. The lowest BCUT2D eigenvalue weighted by molar-refractivity contribution is 0.120. The summed E-state index contributed by atoms with van der Waals surface area (Å²) >= 11 is 0. The Hall–Kier alpha value is -0.860. The largest absolute Gasteiger partial charge is 0.393 e. The molecule has 0 spiro atoms. The van der Waals surface area contributed by atoms with Crippen molar-refractivity contribution in [2.75, 3.05) is 14.1 Å². The Morgan fingerprint density at radius 3 is 2.24 bits per heavy atom. The molecule has 0 unspecified atom stereocenters. The van der Waals surface area contributed by atoms with E-state index in [4.69, 9.17) is 0 Å². The fraction of sp³-hybridized carbons (Fsp3) is 0.600. The minimum absolute atomic E-state index is 0.235. The molecule has 0 radical (unpaired) electrons. The van der Waals surface area contributed by atoms with Gasteiger partial charge in [0, 0.05) is 12.0 Å². The van der Waals surface area contributed by atoms with Gasteiger partial charge in [0.2, 0.25) is 0 Å². The summed E-state index contributed by atoms with van der Waals surface area (Å²) in [6.45, 7) is 4.25. The van der Waals surface area contributed by atoms with Crippen molar-refractivity contribution in [3.63, 3.8) is 0 Å². The van der Waals surface area contributed by atoms with Gasteiger partial charge in [0.05, 0.1) is 6.10 Å². The molecule has 1 N–H and O–H groups in total. The van der Waals surface area contributed by atoms with E-state index in [1.54, 1.807) is 0 Å². The topological polar surface area (TPSA) is 23.5 Å². The number of hydrogen-bond acceptors (Lipinski definition) is 2. The van der Waals surface area contributed by atoms with Crippen molar-refractivity contribution in [1.29, 1.82) is 0 Å². The second-order valence-electron chi connectivity index (χ2n) is 5.04. The van der Waals surface area contributed by atoms with Crippen LogP contribution in [0.3, 0.4) is 0 Å². The third-order valence-corrected chi connectivity index (χ3v) is 3.59. The zero-order valence-corrected chi connectivity index (χ0v) is 11.4. The van der Waals surface area contributed by atoms with E-state index in [1.165, 1.54) is 5.56 Å². The van der Waals surface area contributed by atoms with E-state index in [1.807, 2.05) is 25.1 Å². The summed E-state index contributed by atoms with van der Waals surface area (Å²) in [6.07, 6.45) is 1.55. The van der Waals surface area contributed by atoms with Crippen molar-refractivity contribution < 1.29 is 5.11 Å². The Morgan fingerprint density at radius 2 is 1.76 bits per heavy atom. The molecule has 0 saturated carbocycles. The lowest BCUT2D eigenvalue weighted by Crippen LogP contribution is -2.30. The van der Waals surface area contributed by atoms with E-state index >= 15 is 0 Å². The van der Waals surface area contributed by atoms with Crippen molar-refractivity contribution >= 4 is 0 Å². The Kier molecular flexibility index (Phi) is 5.66.